The molecule has 1 saturated carbocycles. The summed E-state index contributed by atoms with van der Waals surface area (Å²) in [5.41, 5.74) is 0. The number of carbonyl (C=O) groups is 3. The fourth-order valence-corrected chi connectivity index (χ4v) is 5.06. The van der Waals surface area contributed by atoms with Gasteiger partial charge < -0.3 is 15.1 Å². The minimum absolute atomic E-state index is 0.0861. The maximum Gasteiger partial charge on any atom is 0.437 e. The van der Waals surface area contributed by atoms with Crippen LogP contribution < -0.4 is 16.4 Å². The van der Waals surface area contributed by atoms with Crippen LogP contribution in [0.4, 0.5) is 0 Å². The molecule has 3 aromatic rings. The molecule has 1 heterocycles. The van der Waals surface area contributed by atoms with Crippen LogP contribution in [0, 0.1) is 17.8 Å². The van der Waals surface area contributed by atoms with Crippen LogP contribution in [0.15, 0.2) is 57.7 Å². The topological polar surface area (TPSA) is 123 Å². The summed E-state index contributed by atoms with van der Waals surface area (Å²) >= 11 is 0. The molecule has 2 N–H and O–H groups in total. The van der Waals surface area contributed by atoms with E-state index in [1.54, 1.807) is 6.92 Å². The average Bonchev–Trinajstić information content (AvgIpc) is 3.31. The van der Waals surface area contributed by atoms with Crippen molar-refractivity contribution in [2.45, 2.75) is 91.8 Å². The number of rotatable bonds is 10. The molecule has 1 aliphatic carbocycles. The Labute approximate surface area is 242 Å². The molecular weight excluding hydrogens is 520 g/mol. The van der Waals surface area contributed by atoms with E-state index in [0.717, 1.165) is 23.9 Å². The second kappa shape index (κ2) is 15.3. The average molecular weight is 565 g/mol. The molecule has 4 rings (SSSR count). The Hall–Kier alpha value is -3.75. The van der Waals surface area contributed by atoms with Gasteiger partial charge in [-0.05, 0) is 41.9 Å². The zero-order chi connectivity index (χ0) is 29.9. The van der Waals surface area contributed by atoms with Crippen LogP contribution in [0.25, 0.3) is 10.8 Å². The van der Waals surface area contributed by atoms with Crippen LogP contribution in [-0.4, -0.2) is 39.5 Å². The first-order valence-corrected chi connectivity index (χ1v) is 14.7. The first kappa shape index (κ1) is 31.8. The minimum atomic E-state index is -0.845. The number of nitrogens with one attached hydrogen (secondary N) is 2. The largest absolute Gasteiger partial charge is 0.437 e. The van der Waals surface area contributed by atoms with Crippen molar-refractivity contribution in [3.05, 3.63) is 65.0 Å². The predicted octanol–water partition coefficient (Wildman–Crippen LogP) is 5.13. The summed E-state index contributed by atoms with van der Waals surface area (Å²) in [6, 6.07) is 15.6. The van der Waals surface area contributed by atoms with Gasteiger partial charge >= 0.3 is 5.76 Å². The quantitative estimate of drug-likeness (QED) is 0.329. The van der Waals surface area contributed by atoms with E-state index in [0.29, 0.717) is 25.8 Å². The highest BCUT2D eigenvalue weighted by atomic mass is 16.4. The highest BCUT2D eigenvalue weighted by Crippen LogP contribution is 2.25. The Morgan fingerprint density at radius 2 is 1.54 bits per heavy atom. The molecule has 2 aromatic carbocycles. The van der Waals surface area contributed by atoms with Gasteiger partial charge in [0.25, 0.3) is 5.89 Å². The summed E-state index contributed by atoms with van der Waals surface area (Å²) in [6.45, 7) is 9.88. The number of ketones is 1. The van der Waals surface area contributed by atoms with Gasteiger partial charge in [0.2, 0.25) is 17.6 Å². The Bertz CT molecular complexity index is 1290. The maximum atomic E-state index is 13.1. The lowest BCUT2D eigenvalue weighted by atomic mass is 9.83. The lowest BCUT2D eigenvalue weighted by Crippen LogP contribution is -2.52. The third-order valence-corrected chi connectivity index (χ3v) is 7.12. The lowest BCUT2D eigenvalue weighted by Gasteiger charge is -2.32. The van der Waals surface area contributed by atoms with Gasteiger partial charge in [-0.15, -0.1) is 5.10 Å². The molecule has 41 heavy (non-hydrogen) atoms. The van der Waals surface area contributed by atoms with Crippen LogP contribution in [0.3, 0.4) is 0 Å². The summed E-state index contributed by atoms with van der Waals surface area (Å²) in [6.07, 6.45) is 3.99. The molecule has 222 valence electrons. The predicted molar refractivity (Wildman–Crippen MR) is 159 cm³/mol. The molecule has 0 saturated heterocycles. The first-order valence-electron chi connectivity index (χ1n) is 14.7. The van der Waals surface area contributed by atoms with E-state index in [1.807, 2.05) is 27.7 Å². The standard InChI is InChI=1S/C22H36N4O5.C10H8/c1-6-18(27)23-16-10-8-7-9-15(16)20(29)24-17(11-13(2)3)19(28)21-25-26(12-14(4)5)22(30)31-21;1-2-6-10-8-4-3-7-9(10)5-1/h13-17H,6-12H2,1-5H3,(H,23,27)(H,24,29);1-8H/t15-,16+,17+;/m1./s1. The number of Topliss-reactive ketones (excluding diaryl/α,β-unsaturated/α-hetero) is 1. The Balaban J connectivity index is 0.000000382. The third-order valence-electron chi connectivity index (χ3n) is 7.12. The smallest absolute Gasteiger partial charge is 0.384 e. The summed E-state index contributed by atoms with van der Waals surface area (Å²) in [5, 5.41) is 12.5. The number of nitrogens with zero attached hydrogens (tertiary/aromatic N) is 2. The van der Waals surface area contributed by atoms with Crippen molar-refractivity contribution >= 4 is 28.4 Å². The molecular formula is C32H44N4O5. The summed E-state index contributed by atoms with van der Waals surface area (Å²) in [5.74, 6) is -1.92. The molecule has 1 aliphatic rings. The van der Waals surface area contributed by atoms with E-state index in [2.05, 4.69) is 64.3 Å². The van der Waals surface area contributed by atoms with E-state index >= 15 is 0 Å². The van der Waals surface area contributed by atoms with E-state index < -0.39 is 23.5 Å². The molecule has 9 heteroatoms. The van der Waals surface area contributed by atoms with Gasteiger partial charge in [0.05, 0.1) is 18.5 Å². The number of fused-ring (bicyclic) bond motifs is 1. The zero-order valence-corrected chi connectivity index (χ0v) is 24.9. The molecule has 0 aliphatic heterocycles. The normalized spacial score (nSPS) is 17.5. The SMILES string of the molecule is CCC(=O)N[C@H]1CCCC[C@H]1C(=O)N[C@@H](CC(C)C)C(=O)c1nn(CC(C)C)c(=O)o1.c1ccc2ccccc2c1. The second-order valence-electron chi connectivity index (χ2n) is 11.6. The van der Waals surface area contributed by atoms with Gasteiger partial charge in [0, 0.05) is 12.5 Å². The Morgan fingerprint density at radius 3 is 2.07 bits per heavy atom. The van der Waals surface area contributed by atoms with Crippen molar-refractivity contribution in [3.8, 4) is 0 Å². The zero-order valence-electron chi connectivity index (χ0n) is 24.9. The molecule has 0 radical (unpaired) electrons. The fraction of sp³-hybridized carbons (Fsp3) is 0.531. The monoisotopic (exact) mass is 564 g/mol. The van der Waals surface area contributed by atoms with E-state index in [1.165, 1.54) is 10.8 Å². The highest BCUT2D eigenvalue weighted by molar-refractivity contribution is 5.98. The van der Waals surface area contributed by atoms with Crippen LogP contribution in [0.2, 0.25) is 0 Å². The van der Waals surface area contributed by atoms with Crippen LogP contribution in [-0.2, 0) is 16.1 Å². The number of amides is 2. The molecule has 0 unspecified atom stereocenters. The number of aromatic nitrogens is 2. The van der Waals surface area contributed by atoms with Crippen LogP contribution >= 0.6 is 0 Å². The Morgan fingerprint density at radius 1 is 0.951 bits per heavy atom. The van der Waals surface area contributed by atoms with Gasteiger partial charge in [-0.3, -0.25) is 14.4 Å². The van der Waals surface area contributed by atoms with E-state index in [4.69, 9.17) is 4.42 Å². The fourth-order valence-electron chi connectivity index (χ4n) is 5.06. The van der Waals surface area contributed by atoms with Crippen LogP contribution in [0.5, 0.6) is 0 Å². The molecule has 0 spiro atoms. The first-order chi connectivity index (χ1) is 19.6. The lowest BCUT2D eigenvalue weighted by molar-refractivity contribution is -0.128. The van der Waals surface area contributed by atoms with E-state index in [9.17, 15) is 19.2 Å². The molecule has 1 aromatic heterocycles. The van der Waals surface area contributed by atoms with Crippen molar-refractivity contribution in [3.63, 3.8) is 0 Å². The summed E-state index contributed by atoms with van der Waals surface area (Å²) < 4.78 is 6.24. The van der Waals surface area contributed by atoms with Gasteiger partial charge in [0.15, 0.2) is 0 Å². The maximum absolute atomic E-state index is 13.1. The van der Waals surface area contributed by atoms with Gasteiger partial charge in [-0.2, -0.15) is 4.68 Å². The van der Waals surface area contributed by atoms with Crippen molar-refractivity contribution < 1.29 is 18.8 Å². The van der Waals surface area contributed by atoms with Crippen molar-refractivity contribution in [1.82, 2.24) is 20.4 Å². The molecule has 1 fully saturated rings. The van der Waals surface area contributed by atoms with Crippen molar-refractivity contribution in [1.29, 1.82) is 0 Å². The van der Waals surface area contributed by atoms with Crippen LogP contribution in [0.1, 0.15) is 83.8 Å². The molecule has 2 amide bonds. The van der Waals surface area contributed by atoms with Crippen molar-refractivity contribution in [2.24, 2.45) is 17.8 Å². The van der Waals surface area contributed by atoms with E-state index in [-0.39, 0.29) is 35.6 Å². The number of benzene rings is 2. The Kier molecular flexibility index (Phi) is 11.9. The second-order valence-corrected chi connectivity index (χ2v) is 11.6. The van der Waals surface area contributed by atoms with Crippen molar-refractivity contribution in [2.75, 3.05) is 0 Å². The number of hydrogen-bond acceptors (Lipinski definition) is 6. The minimum Gasteiger partial charge on any atom is -0.384 e. The highest BCUT2D eigenvalue weighted by Gasteiger charge is 2.35. The molecule has 9 nitrogen and oxygen atoms in total. The molecule has 3 atom stereocenters. The van der Waals surface area contributed by atoms with Gasteiger partial charge in [-0.25, -0.2) is 4.79 Å². The number of hydrogen-bond donors (Lipinski definition) is 2. The summed E-state index contributed by atoms with van der Waals surface area (Å²) in [7, 11) is 0. The third kappa shape index (κ3) is 9.40. The molecule has 0 bridgehead atoms. The van der Waals surface area contributed by atoms with Gasteiger partial charge in [-0.1, -0.05) is 96.0 Å². The summed E-state index contributed by atoms with van der Waals surface area (Å²) in [4.78, 5) is 50.0. The number of carbonyl (C=O) groups excluding carboxylic acids is 3. The van der Waals surface area contributed by atoms with Gasteiger partial charge in [0.1, 0.15) is 0 Å².